The van der Waals surface area contributed by atoms with Crippen LogP contribution in [-0.4, -0.2) is 110 Å². The Kier molecular flexibility index (Phi) is 15.7. The summed E-state index contributed by atoms with van der Waals surface area (Å²) in [4.78, 5) is 11.7. The summed E-state index contributed by atoms with van der Waals surface area (Å²) < 4.78 is 118. The molecule has 1 saturated heterocycles. The van der Waals surface area contributed by atoms with Crippen molar-refractivity contribution in [2.45, 2.75) is 17.6 Å². The van der Waals surface area contributed by atoms with E-state index in [0.717, 1.165) is 45.8 Å². The van der Waals surface area contributed by atoms with Crippen LogP contribution < -0.4 is 0 Å². The van der Waals surface area contributed by atoms with E-state index in [1.165, 1.54) is 5.69 Å². The Bertz CT molecular complexity index is 880. The van der Waals surface area contributed by atoms with Gasteiger partial charge in [0.05, 0.1) is 5.69 Å². The smallest absolute Gasteiger partial charge is 0.741 e. The molecule has 0 spiro atoms. The van der Waals surface area contributed by atoms with Gasteiger partial charge in [0.25, 0.3) is 0 Å². The van der Waals surface area contributed by atoms with Crippen LogP contribution in [0.4, 0.5) is 26.3 Å². The fourth-order valence-electron chi connectivity index (χ4n) is 2.18. The van der Waals surface area contributed by atoms with Crippen LogP contribution in [0.15, 0.2) is 24.4 Å². The number of likely N-dealkylation sites (N-methyl/N-ethyl adjacent to an activating group) is 2. The van der Waals surface area contributed by atoms with E-state index in [2.05, 4.69) is 45.9 Å². The molecule has 0 aromatic carbocycles. The minimum Gasteiger partial charge on any atom is -0.741 e. The molecular weight excluding hydrogens is 577 g/mol. The van der Waals surface area contributed by atoms with Crippen molar-refractivity contribution in [3.05, 3.63) is 30.1 Å². The molecule has 1 aliphatic heterocycles. The Labute approximate surface area is 210 Å². The molecule has 10 nitrogen and oxygen atoms in total. The van der Waals surface area contributed by atoms with Crippen molar-refractivity contribution < 1.29 is 69.4 Å². The molecule has 0 N–H and O–H groups in total. The number of halogens is 6. The molecule has 0 aliphatic carbocycles. The van der Waals surface area contributed by atoms with Gasteiger partial charge in [0.1, 0.15) is 0 Å². The van der Waals surface area contributed by atoms with Crippen LogP contribution in [0.5, 0.6) is 0 Å². The fourth-order valence-corrected chi connectivity index (χ4v) is 2.18. The first-order valence-electron chi connectivity index (χ1n) is 9.27. The van der Waals surface area contributed by atoms with E-state index in [-0.39, 0.29) is 17.1 Å². The summed E-state index contributed by atoms with van der Waals surface area (Å²) in [5.41, 5.74) is -10.1. The van der Waals surface area contributed by atoms with Gasteiger partial charge < -0.3 is 18.9 Å². The van der Waals surface area contributed by atoms with Crippen molar-refractivity contribution >= 4 is 20.2 Å². The van der Waals surface area contributed by atoms with Gasteiger partial charge in [0.15, 0.2) is 20.2 Å². The van der Waals surface area contributed by atoms with Gasteiger partial charge in [-0.2, -0.15) is 26.3 Å². The third kappa shape index (κ3) is 16.3. The zero-order chi connectivity index (χ0) is 26.8. The molecule has 35 heavy (non-hydrogen) atoms. The van der Waals surface area contributed by atoms with E-state index >= 15 is 0 Å². The Balaban J connectivity index is 0. The number of aromatic nitrogens is 1. The van der Waals surface area contributed by atoms with E-state index < -0.39 is 31.3 Å². The minimum absolute atomic E-state index is 0. The van der Waals surface area contributed by atoms with E-state index in [0.29, 0.717) is 0 Å². The topological polar surface area (TPSA) is 137 Å². The van der Waals surface area contributed by atoms with Gasteiger partial charge in [-0.1, -0.05) is 6.07 Å². The first-order valence-corrected chi connectivity index (χ1v) is 12.1. The van der Waals surface area contributed by atoms with Crippen LogP contribution in [0.1, 0.15) is 5.69 Å². The van der Waals surface area contributed by atoms with Gasteiger partial charge in [-0.25, -0.2) is 16.8 Å². The standard InChI is InChI=1S/C14H24N4.2CHF3O3S.Mn/c1-16-7-8-17(2)10-12-18(11-9-16)13-14-5-3-4-6-15-14;2*2-1(3,4)8(5,6)7;/h3-6H,7-13H2,1-2H3;2*(H,5,6,7);/q;;;+2/p-2. The third-order valence-electron chi connectivity index (χ3n) is 4.14. The summed E-state index contributed by atoms with van der Waals surface area (Å²) in [6.07, 6.45) is 1.88. The van der Waals surface area contributed by atoms with Gasteiger partial charge in [-0.15, -0.1) is 0 Å². The number of rotatable bonds is 2. The molecule has 0 atom stereocenters. The first kappa shape index (κ1) is 36.1. The van der Waals surface area contributed by atoms with E-state index in [9.17, 15) is 26.3 Å². The second-order valence-corrected chi connectivity index (χ2v) is 9.75. The van der Waals surface area contributed by atoms with Gasteiger partial charge in [0.2, 0.25) is 0 Å². The molecule has 0 amide bonds. The summed E-state index contributed by atoms with van der Waals surface area (Å²) in [5, 5.41) is 0. The largest absolute Gasteiger partial charge is 2.00 e. The summed E-state index contributed by atoms with van der Waals surface area (Å²) in [7, 11) is -7.77. The Hall–Kier alpha value is -1.05. The average molecular weight is 601 g/mol. The summed E-state index contributed by atoms with van der Waals surface area (Å²) in [5.74, 6) is 0. The Morgan fingerprint density at radius 2 is 1.14 bits per heavy atom. The van der Waals surface area contributed by atoms with E-state index in [4.69, 9.17) is 25.9 Å². The molecule has 1 radical (unpaired) electrons. The SMILES string of the molecule is CN1CCN(C)CCN(Cc2ccccn2)CC1.O=S(=O)([O-])C(F)(F)F.O=S(=O)([O-])C(F)(F)F.[Mn+2]. The van der Waals surface area contributed by atoms with Crippen LogP contribution >= 0.6 is 0 Å². The maximum absolute atomic E-state index is 10.7. The third-order valence-corrected chi connectivity index (χ3v) is 5.27. The van der Waals surface area contributed by atoms with Crippen LogP contribution in [-0.2, 0) is 43.8 Å². The van der Waals surface area contributed by atoms with Crippen molar-refractivity contribution in [3.8, 4) is 0 Å². The molecule has 0 bridgehead atoms. The maximum atomic E-state index is 10.7. The predicted molar refractivity (Wildman–Crippen MR) is 106 cm³/mol. The number of pyridine rings is 1. The van der Waals surface area contributed by atoms with Crippen LogP contribution in [0, 0.1) is 0 Å². The number of hydrogen-bond donors (Lipinski definition) is 0. The second-order valence-electron chi connectivity index (χ2n) is 7.00. The molecule has 1 fully saturated rings. The quantitative estimate of drug-likeness (QED) is 0.208. The summed E-state index contributed by atoms with van der Waals surface area (Å²) in [6.45, 7) is 7.81. The Morgan fingerprint density at radius 3 is 1.43 bits per heavy atom. The zero-order valence-electron chi connectivity index (χ0n) is 18.5. The molecule has 2 rings (SSSR count). The van der Waals surface area contributed by atoms with Gasteiger partial charge in [-0.05, 0) is 26.2 Å². The van der Waals surface area contributed by atoms with Crippen LogP contribution in [0.3, 0.4) is 0 Å². The molecule has 1 aromatic rings. The van der Waals surface area contributed by atoms with E-state index in [1.807, 2.05) is 12.3 Å². The first-order chi connectivity index (χ1) is 15.2. The van der Waals surface area contributed by atoms with Crippen LogP contribution in [0.2, 0.25) is 0 Å². The van der Waals surface area contributed by atoms with Crippen molar-refractivity contribution in [1.82, 2.24) is 19.7 Å². The molecule has 1 aromatic heterocycles. The van der Waals surface area contributed by atoms with Crippen molar-refractivity contribution in [2.24, 2.45) is 0 Å². The summed E-state index contributed by atoms with van der Waals surface area (Å²) >= 11 is 0. The number of hydrogen-bond acceptors (Lipinski definition) is 10. The summed E-state index contributed by atoms with van der Waals surface area (Å²) in [6, 6.07) is 6.15. The monoisotopic (exact) mass is 601 g/mol. The van der Waals surface area contributed by atoms with Gasteiger partial charge in [-0.3, -0.25) is 9.88 Å². The van der Waals surface area contributed by atoms with Crippen molar-refractivity contribution in [2.75, 3.05) is 53.4 Å². The maximum Gasteiger partial charge on any atom is 2.00 e. The van der Waals surface area contributed by atoms with Gasteiger partial charge in [0, 0.05) is 52.0 Å². The zero-order valence-corrected chi connectivity index (χ0v) is 21.3. The number of alkyl halides is 6. The molecule has 205 valence electrons. The molecule has 0 unspecified atom stereocenters. The molecule has 0 saturated carbocycles. The fraction of sp³-hybridized carbons (Fsp3) is 0.688. The van der Waals surface area contributed by atoms with Gasteiger partial charge >= 0.3 is 28.1 Å². The molecule has 2 heterocycles. The normalized spacial score (nSPS) is 17.3. The average Bonchev–Trinajstić information content (AvgIpc) is 2.73. The predicted octanol–water partition coefficient (Wildman–Crippen LogP) is 0.861. The van der Waals surface area contributed by atoms with Crippen LogP contribution in [0.25, 0.3) is 0 Å². The molecular formula is C16H24F6MnN4O6S2. The molecule has 19 heteroatoms. The molecule has 1 aliphatic rings. The van der Waals surface area contributed by atoms with E-state index in [1.54, 1.807) is 0 Å². The Morgan fingerprint density at radius 1 is 0.800 bits per heavy atom. The minimum atomic E-state index is -6.09. The second kappa shape index (κ2) is 15.3. The van der Waals surface area contributed by atoms with Crippen molar-refractivity contribution in [3.63, 3.8) is 0 Å². The van der Waals surface area contributed by atoms with Crippen molar-refractivity contribution in [1.29, 1.82) is 0 Å². The number of nitrogens with zero attached hydrogens (tertiary/aromatic N) is 4.